The van der Waals surface area contributed by atoms with Crippen molar-refractivity contribution in [3.05, 3.63) is 16.1 Å². The lowest BCUT2D eigenvalue weighted by Crippen LogP contribution is -2.42. The van der Waals surface area contributed by atoms with Gasteiger partial charge >= 0.3 is 0 Å². The Hall–Kier alpha value is -0.940. The highest BCUT2D eigenvalue weighted by atomic mass is 32.1. The summed E-state index contributed by atoms with van der Waals surface area (Å²) < 4.78 is 0. The van der Waals surface area contributed by atoms with Crippen molar-refractivity contribution >= 4 is 17.2 Å². The zero-order valence-electron chi connectivity index (χ0n) is 11.1. The molecule has 0 aliphatic carbocycles. The Morgan fingerprint density at radius 3 is 2.71 bits per heavy atom. The third-order valence-electron chi connectivity index (χ3n) is 2.87. The maximum atomic E-state index is 11.6. The highest BCUT2D eigenvalue weighted by Gasteiger charge is 2.27. The quantitative estimate of drug-likeness (QED) is 0.844. The second-order valence-corrected chi connectivity index (χ2v) is 5.75. The number of hydrogen-bond acceptors (Lipinski definition) is 4. The maximum absolute atomic E-state index is 11.6. The van der Waals surface area contributed by atoms with Crippen molar-refractivity contribution in [3.8, 4) is 0 Å². The van der Waals surface area contributed by atoms with Gasteiger partial charge in [0.1, 0.15) is 0 Å². The van der Waals surface area contributed by atoms with Crippen LogP contribution in [0.5, 0.6) is 0 Å². The normalized spacial score (nSPS) is 13.5. The van der Waals surface area contributed by atoms with E-state index in [9.17, 15) is 4.79 Å². The van der Waals surface area contributed by atoms with E-state index in [-0.39, 0.29) is 11.9 Å². The predicted octanol–water partition coefficient (Wildman–Crippen LogP) is 1.87. The van der Waals surface area contributed by atoms with E-state index in [0.29, 0.717) is 6.54 Å². The number of aromatic nitrogens is 1. The molecule has 96 valence electrons. The number of nitrogens with zero attached hydrogens (tertiary/aromatic N) is 1. The molecule has 4 nitrogen and oxygen atoms in total. The molecule has 0 saturated heterocycles. The minimum atomic E-state index is -0.401. The lowest BCUT2D eigenvalue weighted by molar-refractivity contribution is -0.128. The number of amides is 1. The monoisotopic (exact) mass is 255 g/mol. The fourth-order valence-electron chi connectivity index (χ4n) is 1.65. The fraction of sp³-hybridized carbons (Fsp3) is 0.667. The number of nitrogens with one attached hydrogen (secondary N) is 2. The Balaban J connectivity index is 2.57. The van der Waals surface area contributed by atoms with Crippen LogP contribution in [0, 0.1) is 12.3 Å². The van der Waals surface area contributed by atoms with Crippen LogP contribution in [0.25, 0.3) is 0 Å². The third kappa shape index (κ3) is 3.51. The molecule has 0 bridgehead atoms. The molecule has 5 heteroatoms. The molecule has 0 fully saturated rings. The summed E-state index contributed by atoms with van der Waals surface area (Å²) in [7, 11) is 1.67. The number of thiazole rings is 1. The summed E-state index contributed by atoms with van der Waals surface area (Å²) in [5.74, 6) is 0.0539. The number of rotatable bonds is 5. The first-order valence-corrected chi connectivity index (χ1v) is 6.62. The molecule has 17 heavy (non-hydrogen) atoms. The molecule has 0 aromatic carbocycles. The molecule has 0 radical (unpaired) electrons. The zero-order valence-corrected chi connectivity index (χ0v) is 11.9. The molecule has 0 aliphatic heterocycles. The van der Waals surface area contributed by atoms with Crippen LogP contribution in [0.15, 0.2) is 5.51 Å². The lowest BCUT2D eigenvalue weighted by atomic mass is 9.92. The van der Waals surface area contributed by atoms with Crippen molar-refractivity contribution in [1.29, 1.82) is 0 Å². The van der Waals surface area contributed by atoms with Crippen LogP contribution in [-0.2, 0) is 4.79 Å². The Kier molecular flexibility index (Phi) is 4.65. The second-order valence-electron chi connectivity index (χ2n) is 4.87. The minimum Gasteiger partial charge on any atom is -0.359 e. The van der Waals surface area contributed by atoms with E-state index in [0.717, 1.165) is 5.69 Å². The van der Waals surface area contributed by atoms with Gasteiger partial charge in [0.15, 0.2) is 0 Å². The smallest absolute Gasteiger partial charge is 0.226 e. The molecule has 1 atom stereocenters. The summed E-state index contributed by atoms with van der Waals surface area (Å²) in [4.78, 5) is 17.1. The minimum absolute atomic E-state index is 0.0539. The average Bonchev–Trinajstić information content (AvgIpc) is 2.71. The fourth-order valence-corrected chi connectivity index (χ4v) is 2.48. The van der Waals surface area contributed by atoms with Crippen LogP contribution in [0.3, 0.4) is 0 Å². The van der Waals surface area contributed by atoms with Gasteiger partial charge in [-0.05, 0) is 27.7 Å². The molecule has 0 saturated carbocycles. The Morgan fingerprint density at radius 1 is 1.59 bits per heavy atom. The number of carbonyl (C=O) groups is 1. The maximum Gasteiger partial charge on any atom is 0.226 e. The van der Waals surface area contributed by atoms with Gasteiger partial charge in [0, 0.05) is 24.5 Å². The first kappa shape index (κ1) is 14.1. The summed E-state index contributed by atoms with van der Waals surface area (Å²) >= 11 is 1.65. The van der Waals surface area contributed by atoms with Crippen LogP contribution < -0.4 is 10.6 Å². The van der Waals surface area contributed by atoms with E-state index in [4.69, 9.17) is 0 Å². The van der Waals surface area contributed by atoms with Crippen molar-refractivity contribution in [2.24, 2.45) is 5.41 Å². The summed E-state index contributed by atoms with van der Waals surface area (Å²) in [6, 6.07) is 0.228. The molecule has 1 heterocycles. The highest BCUT2D eigenvalue weighted by Crippen LogP contribution is 2.22. The molecule has 0 spiro atoms. The van der Waals surface area contributed by atoms with Crippen LogP contribution in [0.2, 0.25) is 0 Å². The molecule has 1 unspecified atom stereocenters. The van der Waals surface area contributed by atoms with Gasteiger partial charge in [0.2, 0.25) is 5.91 Å². The molecule has 1 rings (SSSR count). The largest absolute Gasteiger partial charge is 0.359 e. The predicted molar refractivity (Wildman–Crippen MR) is 71.1 cm³/mol. The molecule has 1 amide bonds. The molecular weight excluding hydrogens is 234 g/mol. The number of aryl methyl sites for hydroxylation is 1. The van der Waals surface area contributed by atoms with Crippen LogP contribution in [0.1, 0.15) is 37.4 Å². The van der Waals surface area contributed by atoms with Gasteiger partial charge in [-0.3, -0.25) is 4.79 Å². The Bertz CT molecular complexity index is 387. The molecule has 2 N–H and O–H groups in total. The lowest BCUT2D eigenvalue weighted by Gasteiger charge is -2.25. The Morgan fingerprint density at radius 2 is 2.24 bits per heavy atom. The van der Waals surface area contributed by atoms with Gasteiger partial charge in [-0.25, -0.2) is 4.98 Å². The summed E-state index contributed by atoms with van der Waals surface area (Å²) in [6.07, 6.45) is 0. The first-order valence-electron chi connectivity index (χ1n) is 5.74. The van der Waals surface area contributed by atoms with Crippen molar-refractivity contribution in [1.82, 2.24) is 15.6 Å². The molecule has 1 aromatic rings. The van der Waals surface area contributed by atoms with E-state index < -0.39 is 5.41 Å². The van der Waals surface area contributed by atoms with Gasteiger partial charge in [0.25, 0.3) is 0 Å². The molecular formula is C12H21N3OS. The van der Waals surface area contributed by atoms with Crippen LogP contribution in [0.4, 0.5) is 0 Å². The van der Waals surface area contributed by atoms with Crippen molar-refractivity contribution in [2.75, 3.05) is 13.6 Å². The van der Waals surface area contributed by atoms with Gasteiger partial charge < -0.3 is 10.6 Å². The summed E-state index contributed by atoms with van der Waals surface area (Å²) in [6.45, 7) is 8.62. The van der Waals surface area contributed by atoms with Gasteiger partial charge in [-0.2, -0.15) is 0 Å². The van der Waals surface area contributed by atoms with Crippen molar-refractivity contribution < 1.29 is 4.79 Å². The summed E-state index contributed by atoms with van der Waals surface area (Å²) in [5.41, 5.74) is 2.52. The van der Waals surface area contributed by atoms with Gasteiger partial charge in [-0.1, -0.05) is 0 Å². The van der Waals surface area contributed by atoms with E-state index in [1.54, 1.807) is 18.4 Å². The third-order valence-corrected chi connectivity index (χ3v) is 3.98. The van der Waals surface area contributed by atoms with Gasteiger partial charge in [-0.15, -0.1) is 11.3 Å². The average molecular weight is 255 g/mol. The van der Waals surface area contributed by atoms with E-state index >= 15 is 0 Å². The second kappa shape index (κ2) is 5.60. The SMILES string of the molecule is CNC(=O)C(C)(C)CNC(C)c1scnc1C. The van der Waals surface area contributed by atoms with Crippen LogP contribution >= 0.6 is 11.3 Å². The first-order chi connectivity index (χ1) is 7.88. The molecule has 1 aromatic heterocycles. The van der Waals surface area contributed by atoms with E-state index in [1.165, 1.54) is 4.88 Å². The van der Waals surface area contributed by atoms with Crippen molar-refractivity contribution in [3.63, 3.8) is 0 Å². The summed E-state index contributed by atoms with van der Waals surface area (Å²) in [5, 5.41) is 6.08. The van der Waals surface area contributed by atoms with E-state index in [2.05, 4.69) is 22.5 Å². The van der Waals surface area contributed by atoms with E-state index in [1.807, 2.05) is 26.3 Å². The number of hydrogen-bond donors (Lipinski definition) is 2. The highest BCUT2D eigenvalue weighted by molar-refractivity contribution is 7.09. The zero-order chi connectivity index (χ0) is 13.1. The number of carbonyl (C=O) groups excluding carboxylic acids is 1. The van der Waals surface area contributed by atoms with Crippen LogP contribution in [-0.4, -0.2) is 24.5 Å². The van der Waals surface area contributed by atoms with Gasteiger partial charge in [0.05, 0.1) is 16.6 Å². The topological polar surface area (TPSA) is 54.0 Å². The standard InChI is InChI=1S/C12H21N3OS/c1-8(10-9(2)15-7-17-10)14-6-12(3,4)11(16)13-5/h7-8,14H,6H2,1-5H3,(H,13,16). The molecule has 0 aliphatic rings. The van der Waals surface area contributed by atoms with Crippen molar-refractivity contribution in [2.45, 2.75) is 33.7 Å². The Labute approximate surface area is 107 Å².